The summed E-state index contributed by atoms with van der Waals surface area (Å²) in [6, 6.07) is 14.7. The van der Waals surface area contributed by atoms with E-state index in [4.69, 9.17) is 4.52 Å². The van der Waals surface area contributed by atoms with Crippen LogP contribution in [-0.4, -0.2) is 49.2 Å². The van der Waals surface area contributed by atoms with Crippen LogP contribution < -0.4 is 4.31 Å². The van der Waals surface area contributed by atoms with Crippen LogP contribution in [0, 0.1) is 13.8 Å². The lowest BCUT2D eigenvalue weighted by Gasteiger charge is -2.24. The predicted octanol–water partition coefficient (Wildman–Crippen LogP) is 2.78. The van der Waals surface area contributed by atoms with E-state index in [1.54, 1.807) is 25.2 Å². The molecule has 3 aromatic rings. The monoisotopic (exact) mass is 428 g/mol. The van der Waals surface area contributed by atoms with E-state index < -0.39 is 15.9 Å². The van der Waals surface area contributed by atoms with Gasteiger partial charge in [0.05, 0.1) is 18.5 Å². The first kappa shape index (κ1) is 21.5. The summed E-state index contributed by atoms with van der Waals surface area (Å²) in [6.07, 6.45) is 1.08. The van der Waals surface area contributed by atoms with Gasteiger partial charge in [-0.2, -0.15) is 4.98 Å². The molecule has 0 aliphatic heterocycles. The Morgan fingerprint density at radius 1 is 1.07 bits per heavy atom. The summed E-state index contributed by atoms with van der Waals surface area (Å²) in [5.74, 6) is 0.309. The number of carbonyl (C=O) groups is 1. The lowest BCUT2D eigenvalue weighted by molar-refractivity contribution is -0.129. The molecule has 1 amide bonds. The lowest BCUT2D eigenvalue weighted by atomic mass is 10.1. The fourth-order valence-electron chi connectivity index (χ4n) is 2.86. The Balaban J connectivity index is 1.71. The topological polar surface area (TPSA) is 96.6 Å². The maximum absolute atomic E-state index is 12.7. The van der Waals surface area contributed by atoms with Gasteiger partial charge in [-0.1, -0.05) is 47.1 Å². The summed E-state index contributed by atoms with van der Waals surface area (Å²) in [4.78, 5) is 18.4. The molecule has 0 atom stereocenters. The van der Waals surface area contributed by atoms with Crippen LogP contribution in [0.1, 0.15) is 17.0 Å². The van der Waals surface area contributed by atoms with Crippen LogP contribution in [0.15, 0.2) is 53.1 Å². The van der Waals surface area contributed by atoms with Gasteiger partial charge in [-0.15, -0.1) is 0 Å². The molecule has 1 heterocycles. The first-order chi connectivity index (χ1) is 14.1. The molecular weight excluding hydrogens is 404 g/mol. The van der Waals surface area contributed by atoms with E-state index in [2.05, 4.69) is 10.1 Å². The highest BCUT2D eigenvalue weighted by Crippen LogP contribution is 2.20. The molecule has 0 fully saturated rings. The third kappa shape index (κ3) is 5.24. The van der Waals surface area contributed by atoms with Crippen molar-refractivity contribution in [1.82, 2.24) is 15.0 Å². The Labute approximate surface area is 176 Å². The van der Waals surface area contributed by atoms with Crippen molar-refractivity contribution < 1.29 is 17.7 Å². The summed E-state index contributed by atoms with van der Waals surface area (Å²) >= 11 is 0. The molecule has 0 bridgehead atoms. The van der Waals surface area contributed by atoms with Gasteiger partial charge in [0.15, 0.2) is 0 Å². The van der Waals surface area contributed by atoms with Crippen molar-refractivity contribution in [1.29, 1.82) is 0 Å². The van der Waals surface area contributed by atoms with E-state index in [9.17, 15) is 13.2 Å². The number of hydrogen-bond donors (Lipinski definition) is 0. The number of carbonyl (C=O) groups excluding carboxylic acids is 1. The number of benzene rings is 2. The van der Waals surface area contributed by atoms with Crippen molar-refractivity contribution in [3.05, 3.63) is 65.5 Å². The molecule has 0 aliphatic carbocycles. The van der Waals surface area contributed by atoms with Crippen molar-refractivity contribution in [3.63, 3.8) is 0 Å². The van der Waals surface area contributed by atoms with Gasteiger partial charge in [0, 0.05) is 12.6 Å². The van der Waals surface area contributed by atoms with Gasteiger partial charge in [-0.05, 0) is 31.5 Å². The molecule has 0 aliphatic rings. The van der Waals surface area contributed by atoms with Gasteiger partial charge in [0.2, 0.25) is 27.6 Å². The molecule has 0 spiro atoms. The Kier molecular flexibility index (Phi) is 6.21. The second-order valence-electron chi connectivity index (χ2n) is 7.24. The molecule has 8 nitrogen and oxygen atoms in total. The maximum Gasteiger partial charge on any atom is 0.246 e. The van der Waals surface area contributed by atoms with Gasteiger partial charge in [0.1, 0.15) is 6.54 Å². The first-order valence-electron chi connectivity index (χ1n) is 9.31. The second-order valence-corrected chi connectivity index (χ2v) is 9.14. The van der Waals surface area contributed by atoms with Gasteiger partial charge < -0.3 is 9.42 Å². The largest absolute Gasteiger partial charge is 0.337 e. The Hall–Kier alpha value is -3.20. The zero-order valence-electron chi connectivity index (χ0n) is 17.4. The lowest BCUT2D eigenvalue weighted by Crippen LogP contribution is -2.41. The molecule has 1 aromatic heterocycles. The van der Waals surface area contributed by atoms with Gasteiger partial charge in [-0.3, -0.25) is 9.10 Å². The molecule has 0 unspecified atom stereocenters. The van der Waals surface area contributed by atoms with E-state index >= 15 is 0 Å². The Morgan fingerprint density at radius 3 is 2.40 bits per heavy atom. The predicted molar refractivity (Wildman–Crippen MR) is 114 cm³/mol. The quantitative estimate of drug-likeness (QED) is 0.574. The zero-order chi connectivity index (χ0) is 21.9. The summed E-state index contributed by atoms with van der Waals surface area (Å²) in [5.41, 5.74) is 3.28. The van der Waals surface area contributed by atoms with Crippen molar-refractivity contribution in [2.24, 2.45) is 0 Å². The van der Waals surface area contributed by atoms with Crippen LogP contribution in [0.4, 0.5) is 5.69 Å². The van der Waals surface area contributed by atoms with Crippen LogP contribution in [0.2, 0.25) is 0 Å². The third-order valence-electron chi connectivity index (χ3n) is 4.54. The number of sulfonamides is 1. The smallest absolute Gasteiger partial charge is 0.246 e. The maximum atomic E-state index is 12.7. The molecular formula is C21H24N4O4S. The fourth-order valence-corrected chi connectivity index (χ4v) is 3.70. The van der Waals surface area contributed by atoms with E-state index in [1.807, 2.05) is 44.2 Å². The molecule has 3 rings (SSSR count). The summed E-state index contributed by atoms with van der Waals surface area (Å²) in [7, 11) is -2.07. The zero-order valence-corrected chi connectivity index (χ0v) is 18.2. The van der Waals surface area contributed by atoms with E-state index in [0.29, 0.717) is 11.5 Å². The van der Waals surface area contributed by atoms with Gasteiger partial charge in [0.25, 0.3) is 0 Å². The van der Waals surface area contributed by atoms with Crippen LogP contribution >= 0.6 is 0 Å². The minimum Gasteiger partial charge on any atom is -0.337 e. The molecule has 30 heavy (non-hydrogen) atoms. The molecule has 9 heteroatoms. The van der Waals surface area contributed by atoms with Crippen LogP contribution in [0.5, 0.6) is 0 Å². The molecule has 0 saturated heterocycles. The van der Waals surface area contributed by atoms with E-state index in [1.165, 1.54) is 4.90 Å². The Bertz CT molecular complexity index is 1140. The molecule has 0 N–H and O–H groups in total. The summed E-state index contributed by atoms with van der Waals surface area (Å²) in [6.45, 7) is 3.60. The minimum absolute atomic E-state index is 0.0725. The fraction of sp³-hybridized carbons (Fsp3) is 0.286. The second kappa shape index (κ2) is 8.66. The van der Waals surface area contributed by atoms with Gasteiger partial charge >= 0.3 is 0 Å². The van der Waals surface area contributed by atoms with Crippen molar-refractivity contribution in [2.75, 3.05) is 24.2 Å². The third-order valence-corrected chi connectivity index (χ3v) is 5.69. The Morgan fingerprint density at radius 2 is 1.77 bits per heavy atom. The van der Waals surface area contributed by atoms with Crippen molar-refractivity contribution in [3.8, 4) is 11.4 Å². The number of rotatable bonds is 7. The van der Waals surface area contributed by atoms with Crippen molar-refractivity contribution in [2.45, 2.75) is 20.4 Å². The normalized spacial score (nSPS) is 11.3. The standard InChI is InChI=1S/C21H24N4O4S/c1-15-8-10-17(11-9-15)21-22-19(29-23-21)13-24(3)20(26)14-25(30(4,27)28)18-7-5-6-16(2)12-18/h5-12H,13-14H2,1-4H3. The number of aromatic nitrogens is 2. The number of likely N-dealkylation sites (N-methyl/N-ethyl adjacent to an activating group) is 1. The highest BCUT2D eigenvalue weighted by Gasteiger charge is 2.24. The van der Waals surface area contributed by atoms with Gasteiger partial charge in [-0.25, -0.2) is 8.42 Å². The van der Waals surface area contributed by atoms with Crippen LogP contribution in [0.3, 0.4) is 0 Å². The molecule has 2 aromatic carbocycles. The number of hydrogen-bond acceptors (Lipinski definition) is 6. The highest BCUT2D eigenvalue weighted by molar-refractivity contribution is 7.92. The van der Waals surface area contributed by atoms with E-state index in [-0.39, 0.29) is 19.0 Å². The first-order valence-corrected chi connectivity index (χ1v) is 11.2. The molecule has 0 saturated carbocycles. The van der Waals surface area contributed by atoms with Crippen LogP contribution in [-0.2, 0) is 21.4 Å². The van der Waals surface area contributed by atoms with Crippen LogP contribution in [0.25, 0.3) is 11.4 Å². The summed E-state index contributed by atoms with van der Waals surface area (Å²) in [5, 5.41) is 3.96. The molecule has 158 valence electrons. The number of anilines is 1. The number of nitrogens with zero attached hydrogens (tertiary/aromatic N) is 4. The number of amides is 1. The average molecular weight is 429 g/mol. The highest BCUT2D eigenvalue weighted by atomic mass is 32.2. The minimum atomic E-state index is -3.64. The summed E-state index contributed by atoms with van der Waals surface area (Å²) < 4.78 is 30.9. The van der Waals surface area contributed by atoms with E-state index in [0.717, 1.165) is 27.3 Å². The van der Waals surface area contributed by atoms with Crippen molar-refractivity contribution >= 4 is 21.6 Å². The SMILES string of the molecule is Cc1ccc(-c2noc(CN(C)C(=O)CN(c3cccc(C)c3)S(C)(=O)=O)n2)cc1. The molecule has 0 radical (unpaired) electrons. The average Bonchev–Trinajstić information content (AvgIpc) is 3.14. The number of aryl methyl sites for hydroxylation is 2.